The lowest BCUT2D eigenvalue weighted by molar-refractivity contribution is -0.129. The molecule has 202 valence electrons. The van der Waals surface area contributed by atoms with E-state index in [9.17, 15) is 22.8 Å². The van der Waals surface area contributed by atoms with Crippen LogP contribution in [0, 0.1) is 17.7 Å². The van der Waals surface area contributed by atoms with Gasteiger partial charge in [0.25, 0.3) is 5.91 Å². The van der Waals surface area contributed by atoms with Crippen LogP contribution >= 0.6 is 11.6 Å². The third kappa shape index (κ3) is 9.56. The van der Waals surface area contributed by atoms with Gasteiger partial charge in [-0.1, -0.05) is 65.5 Å². The minimum Gasteiger partial charge on any atom is -0.378 e. The van der Waals surface area contributed by atoms with Crippen molar-refractivity contribution >= 4 is 29.5 Å². The van der Waals surface area contributed by atoms with Crippen molar-refractivity contribution in [3.8, 4) is 0 Å². The van der Waals surface area contributed by atoms with Gasteiger partial charge in [-0.2, -0.15) is 13.2 Å². The molecule has 1 aromatic heterocycles. The summed E-state index contributed by atoms with van der Waals surface area (Å²) < 4.78 is 42.5. The highest BCUT2D eigenvalue weighted by molar-refractivity contribution is 6.34. The van der Waals surface area contributed by atoms with E-state index in [1.54, 1.807) is 34.6 Å². The molecular weight excluding hydrogens is 493 g/mol. The zero-order valence-electron chi connectivity index (χ0n) is 22.0. The third-order valence-corrected chi connectivity index (χ3v) is 5.87. The van der Waals surface area contributed by atoms with Crippen molar-refractivity contribution in [1.29, 1.82) is 5.41 Å². The number of unbranched alkanes of at least 4 members (excludes halogenated alkanes) is 2. The lowest BCUT2D eigenvalue weighted by Crippen LogP contribution is -2.45. The Bertz CT molecular complexity index is 935. The first-order chi connectivity index (χ1) is 16.7. The predicted octanol–water partition coefficient (Wildman–Crippen LogP) is 6.52. The summed E-state index contributed by atoms with van der Waals surface area (Å²) in [7, 11) is 0. The number of hydrogen-bond acceptors (Lipinski definition) is 5. The minimum atomic E-state index is -4.89. The van der Waals surface area contributed by atoms with Crippen molar-refractivity contribution in [1.82, 2.24) is 15.2 Å². The van der Waals surface area contributed by atoms with Crippen molar-refractivity contribution in [2.24, 2.45) is 5.41 Å². The second kappa shape index (κ2) is 13.8. The summed E-state index contributed by atoms with van der Waals surface area (Å²) in [5.41, 5.74) is -1.96. The fourth-order valence-corrected chi connectivity index (χ4v) is 4.17. The van der Waals surface area contributed by atoms with Gasteiger partial charge >= 0.3 is 6.18 Å². The smallest absolute Gasteiger partial charge is 0.378 e. The molecule has 1 rings (SSSR count). The molecule has 1 atom stereocenters. The number of halogens is 4. The molecule has 1 amide bonds. The van der Waals surface area contributed by atoms with E-state index in [0.717, 1.165) is 24.2 Å². The van der Waals surface area contributed by atoms with Gasteiger partial charge in [0, 0.05) is 36.8 Å². The van der Waals surface area contributed by atoms with Crippen molar-refractivity contribution in [2.75, 3.05) is 13.1 Å². The number of aromatic nitrogens is 1. The molecule has 0 aliphatic heterocycles. The second-order valence-corrected chi connectivity index (χ2v) is 10.5. The highest BCUT2D eigenvalue weighted by atomic mass is 35.5. The van der Waals surface area contributed by atoms with E-state index in [-0.39, 0.29) is 17.1 Å². The minimum absolute atomic E-state index is 0.00446. The van der Waals surface area contributed by atoms with Crippen LogP contribution in [0.1, 0.15) is 82.6 Å². The van der Waals surface area contributed by atoms with E-state index < -0.39 is 47.1 Å². The molecule has 1 aromatic rings. The molecule has 1 heterocycles. The first kappa shape index (κ1) is 31.6. The van der Waals surface area contributed by atoms with E-state index in [1.165, 1.54) is 12.4 Å². The quantitative estimate of drug-likeness (QED) is 0.132. The van der Waals surface area contributed by atoms with Gasteiger partial charge in [0.05, 0.1) is 17.1 Å². The first-order valence-electron chi connectivity index (χ1n) is 12.2. The number of carbonyl (C=O) groups excluding carboxylic acids is 2. The van der Waals surface area contributed by atoms with Gasteiger partial charge in [-0.25, -0.2) is 0 Å². The summed E-state index contributed by atoms with van der Waals surface area (Å²) in [6, 6.07) is -0.508. The van der Waals surface area contributed by atoms with E-state index in [0.29, 0.717) is 24.6 Å². The second-order valence-electron chi connectivity index (χ2n) is 10.1. The largest absolute Gasteiger partial charge is 0.431 e. The number of allylic oxidation sites excluding steroid dienone is 1. The number of amides is 1. The highest BCUT2D eigenvalue weighted by Gasteiger charge is 2.40. The number of nitrogens with one attached hydrogen (secondary N) is 2. The molecular formula is C26H38ClF3N4O2. The maximum Gasteiger partial charge on any atom is 0.431 e. The van der Waals surface area contributed by atoms with E-state index in [4.69, 9.17) is 17.0 Å². The predicted molar refractivity (Wildman–Crippen MR) is 138 cm³/mol. The van der Waals surface area contributed by atoms with Crippen LogP contribution in [0.4, 0.5) is 13.2 Å². The molecule has 0 fully saturated rings. The summed E-state index contributed by atoms with van der Waals surface area (Å²) in [5, 5.41) is 10.3. The summed E-state index contributed by atoms with van der Waals surface area (Å²) in [6.45, 7) is 10.3. The Balaban J connectivity index is 3.47. The van der Waals surface area contributed by atoms with Crippen LogP contribution in [-0.4, -0.2) is 53.1 Å². The molecule has 36 heavy (non-hydrogen) atoms. The SMILES string of the molecule is CCCCCC(CC)N/C(=C(\C=N)C(=O)N(CC(=O)c1c(C)cncc1Cl)CC(C)(C)C)C(F)(F)F. The van der Waals surface area contributed by atoms with Crippen LogP contribution in [0.15, 0.2) is 23.7 Å². The van der Waals surface area contributed by atoms with Crippen LogP contribution in [0.3, 0.4) is 0 Å². The molecule has 0 aliphatic rings. The lowest BCUT2D eigenvalue weighted by atomic mass is 9.95. The molecule has 6 nitrogen and oxygen atoms in total. The number of rotatable bonds is 13. The number of pyridine rings is 1. The number of ketones is 1. The van der Waals surface area contributed by atoms with E-state index >= 15 is 0 Å². The monoisotopic (exact) mass is 530 g/mol. The zero-order valence-corrected chi connectivity index (χ0v) is 22.7. The average Bonchev–Trinajstić information content (AvgIpc) is 2.75. The van der Waals surface area contributed by atoms with Crippen LogP contribution in [0.25, 0.3) is 0 Å². The van der Waals surface area contributed by atoms with Gasteiger partial charge < -0.3 is 15.6 Å². The Hall–Kier alpha value is -2.42. The molecule has 1 unspecified atom stereocenters. The van der Waals surface area contributed by atoms with Gasteiger partial charge in [-0.3, -0.25) is 14.6 Å². The first-order valence-corrected chi connectivity index (χ1v) is 12.5. The molecule has 0 spiro atoms. The molecule has 0 saturated carbocycles. The number of hydrogen-bond donors (Lipinski definition) is 2. The van der Waals surface area contributed by atoms with Crippen LogP contribution in [-0.2, 0) is 4.79 Å². The number of Topliss-reactive ketones (excluding diaryl/α,β-unsaturated/α-hetero) is 1. The van der Waals surface area contributed by atoms with Gasteiger partial charge in [-0.15, -0.1) is 0 Å². The standard InChI is InChI=1S/C26H38ClF3N4O2/c1-7-9-10-11-18(8-2)33-23(26(28,29)30)19(12-31)24(36)34(16-25(4,5)6)15-21(35)22-17(3)13-32-14-20(22)27/h12-14,18,31,33H,7-11,15-16H2,1-6H3/b23-19+,31-12?. The van der Waals surface area contributed by atoms with E-state index in [1.807, 2.05) is 6.92 Å². The van der Waals surface area contributed by atoms with Crippen LogP contribution < -0.4 is 5.32 Å². The van der Waals surface area contributed by atoms with E-state index in [2.05, 4.69) is 10.3 Å². The number of nitrogens with zero attached hydrogens (tertiary/aromatic N) is 2. The molecule has 10 heteroatoms. The lowest BCUT2D eigenvalue weighted by Gasteiger charge is -2.31. The number of carbonyl (C=O) groups is 2. The molecule has 0 bridgehead atoms. The van der Waals surface area contributed by atoms with Gasteiger partial charge in [-0.05, 0) is 30.7 Å². The Morgan fingerprint density at radius 2 is 1.83 bits per heavy atom. The molecule has 2 N–H and O–H groups in total. The summed E-state index contributed by atoms with van der Waals surface area (Å²) >= 11 is 6.15. The van der Waals surface area contributed by atoms with Crippen molar-refractivity contribution in [2.45, 2.75) is 85.9 Å². The summed E-state index contributed by atoms with van der Waals surface area (Å²) in [6.07, 6.45) is 1.78. The Labute approximate surface area is 217 Å². The fraction of sp³-hybridized carbons (Fsp3) is 0.615. The van der Waals surface area contributed by atoms with Crippen molar-refractivity contribution in [3.05, 3.63) is 39.8 Å². The Morgan fingerprint density at radius 1 is 1.19 bits per heavy atom. The zero-order chi connectivity index (χ0) is 27.7. The molecule has 0 aromatic carbocycles. The van der Waals surface area contributed by atoms with Gasteiger partial charge in [0.2, 0.25) is 0 Å². The number of aryl methyl sites for hydroxylation is 1. The Morgan fingerprint density at radius 3 is 2.31 bits per heavy atom. The maximum absolute atomic E-state index is 14.2. The molecule has 0 aliphatic carbocycles. The molecule has 0 radical (unpaired) electrons. The maximum atomic E-state index is 14.2. The highest BCUT2D eigenvalue weighted by Crippen LogP contribution is 2.29. The molecule has 0 saturated heterocycles. The fourth-order valence-electron chi connectivity index (χ4n) is 3.86. The summed E-state index contributed by atoms with van der Waals surface area (Å²) in [4.78, 5) is 31.6. The van der Waals surface area contributed by atoms with Crippen LogP contribution in [0.2, 0.25) is 5.02 Å². The number of alkyl halides is 3. The van der Waals surface area contributed by atoms with Crippen molar-refractivity contribution in [3.63, 3.8) is 0 Å². The van der Waals surface area contributed by atoms with Gasteiger partial charge in [0.15, 0.2) is 5.78 Å². The average molecular weight is 531 g/mol. The summed E-state index contributed by atoms with van der Waals surface area (Å²) in [5.74, 6) is -1.56. The normalized spacial score (nSPS) is 13.6. The van der Waals surface area contributed by atoms with Gasteiger partial charge in [0.1, 0.15) is 5.70 Å². The third-order valence-electron chi connectivity index (χ3n) is 5.58. The Kier molecular flexibility index (Phi) is 12.1. The van der Waals surface area contributed by atoms with Crippen LogP contribution in [0.5, 0.6) is 0 Å². The topological polar surface area (TPSA) is 86.2 Å². The van der Waals surface area contributed by atoms with Crippen molar-refractivity contribution < 1.29 is 22.8 Å².